The Balaban J connectivity index is 0.000000260. The van der Waals surface area contributed by atoms with E-state index in [2.05, 4.69) is 25.4 Å². The third-order valence-electron chi connectivity index (χ3n) is 3.17. The fourth-order valence-electron chi connectivity index (χ4n) is 1.88. The molecule has 0 radical (unpaired) electrons. The van der Waals surface area contributed by atoms with Gasteiger partial charge in [0, 0.05) is 20.9 Å². The number of hydrogen-bond acceptors (Lipinski definition) is 5. The van der Waals surface area contributed by atoms with E-state index in [0.29, 0.717) is 27.2 Å². The Morgan fingerprint density at radius 2 is 1.46 bits per heavy atom. The molecule has 0 N–H and O–H groups in total. The van der Waals surface area contributed by atoms with Crippen molar-refractivity contribution in [2.24, 2.45) is 0 Å². The number of alkyl halides is 1. The van der Waals surface area contributed by atoms with Gasteiger partial charge < -0.3 is 9.47 Å². The molecular formula is C18H15BrCl2O5. The van der Waals surface area contributed by atoms with Crippen molar-refractivity contribution in [3.63, 3.8) is 0 Å². The summed E-state index contributed by atoms with van der Waals surface area (Å²) < 4.78 is 9.09. The molecule has 5 nitrogen and oxygen atoms in total. The van der Waals surface area contributed by atoms with Gasteiger partial charge in [-0.3, -0.25) is 4.79 Å². The van der Waals surface area contributed by atoms with Crippen molar-refractivity contribution in [2.45, 2.75) is 5.33 Å². The summed E-state index contributed by atoms with van der Waals surface area (Å²) in [6.45, 7) is 0. The van der Waals surface area contributed by atoms with Crippen LogP contribution in [0.15, 0.2) is 36.4 Å². The van der Waals surface area contributed by atoms with Crippen molar-refractivity contribution in [1.29, 1.82) is 0 Å². The van der Waals surface area contributed by atoms with Gasteiger partial charge in [-0.15, -0.1) is 0 Å². The highest BCUT2D eigenvalue weighted by Crippen LogP contribution is 2.19. The molecule has 138 valence electrons. The van der Waals surface area contributed by atoms with Crippen LogP contribution in [0.25, 0.3) is 0 Å². The molecule has 0 aromatic heterocycles. The molecule has 0 bridgehead atoms. The number of carbonyl (C=O) groups excluding carboxylic acids is 3. The Labute approximate surface area is 169 Å². The third kappa shape index (κ3) is 6.12. The summed E-state index contributed by atoms with van der Waals surface area (Å²) in [4.78, 5) is 32.9. The number of esters is 2. The molecule has 0 aliphatic heterocycles. The molecule has 0 amide bonds. The summed E-state index contributed by atoms with van der Waals surface area (Å²) in [6, 6.07) is 9.55. The van der Waals surface area contributed by atoms with Crippen LogP contribution in [0.1, 0.15) is 36.6 Å². The Kier molecular flexibility index (Phi) is 9.34. The summed E-state index contributed by atoms with van der Waals surface area (Å²) in [5.41, 5.74) is 1.84. The molecule has 2 rings (SSSR count). The van der Waals surface area contributed by atoms with Crippen LogP contribution in [0.4, 0.5) is 0 Å². The summed E-state index contributed by atoms with van der Waals surface area (Å²) in [5.74, 6) is -0.929. The number of halogens is 3. The number of hydrogen-bond donors (Lipinski definition) is 0. The lowest BCUT2D eigenvalue weighted by Gasteiger charge is -2.04. The van der Waals surface area contributed by atoms with Gasteiger partial charge in [-0.1, -0.05) is 45.2 Å². The molecule has 0 saturated carbocycles. The molecule has 0 fully saturated rings. The van der Waals surface area contributed by atoms with Gasteiger partial charge in [-0.25, -0.2) is 9.59 Å². The molecule has 0 aliphatic carbocycles. The Morgan fingerprint density at radius 3 is 1.96 bits per heavy atom. The van der Waals surface area contributed by atoms with Gasteiger partial charge in [0.25, 0.3) is 0 Å². The third-order valence-corrected chi connectivity index (χ3v) is 4.24. The molecule has 2 aromatic rings. The highest BCUT2D eigenvalue weighted by molar-refractivity contribution is 9.08. The molecular weight excluding hydrogens is 447 g/mol. The van der Waals surface area contributed by atoms with E-state index in [1.165, 1.54) is 32.4 Å². The van der Waals surface area contributed by atoms with Crippen molar-refractivity contribution in [1.82, 2.24) is 0 Å². The minimum Gasteiger partial charge on any atom is -0.465 e. The van der Waals surface area contributed by atoms with Crippen LogP contribution >= 0.6 is 39.1 Å². The van der Waals surface area contributed by atoms with Crippen molar-refractivity contribution in [3.05, 3.63) is 68.7 Å². The van der Waals surface area contributed by atoms with Crippen LogP contribution in [0.3, 0.4) is 0 Å². The first kappa shape index (κ1) is 22.2. The summed E-state index contributed by atoms with van der Waals surface area (Å²) in [6.07, 6.45) is 0.586. The Morgan fingerprint density at radius 1 is 0.962 bits per heavy atom. The maximum absolute atomic E-state index is 11.2. The molecule has 0 unspecified atom stereocenters. The zero-order valence-corrected chi connectivity index (χ0v) is 17.0. The Hall–Kier alpha value is -1.89. The van der Waals surface area contributed by atoms with Gasteiger partial charge in [0.05, 0.1) is 25.3 Å². The standard InChI is InChI=1S/C9H8BrClO2.C9H7ClO3/c1-13-9(12)8-4-7(11)3-2-6(8)5-10;1-13-9(12)8-4-7(10)3-2-6(8)5-11/h2-4H,5H2,1H3;2-5H,1H3. The highest BCUT2D eigenvalue weighted by atomic mass is 79.9. The van der Waals surface area contributed by atoms with Gasteiger partial charge in [0.15, 0.2) is 6.29 Å². The largest absolute Gasteiger partial charge is 0.465 e. The molecule has 8 heteroatoms. The van der Waals surface area contributed by atoms with Crippen LogP contribution in [-0.2, 0) is 14.8 Å². The van der Waals surface area contributed by atoms with Crippen LogP contribution in [0.5, 0.6) is 0 Å². The lowest BCUT2D eigenvalue weighted by atomic mass is 10.1. The van der Waals surface area contributed by atoms with Crippen LogP contribution in [0, 0.1) is 0 Å². The first-order valence-corrected chi connectivity index (χ1v) is 9.01. The van der Waals surface area contributed by atoms with E-state index in [4.69, 9.17) is 23.2 Å². The molecule has 2 aromatic carbocycles. The molecule has 0 heterocycles. The average molecular weight is 462 g/mol. The predicted molar refractivity (Wildman–Crippen MR) is 104 cm³/mol. The minimum absolute atomic E-state index is 0.185. The maximum atomic E-state index is 11.2. The lowest BCUT2D eigenvalue weighted by molar-refractivity contribution is 0.0590. The SMILES string of the molecule is COC(=O)c1cc(Cl)ccc1C=O.COC(=O)c1cc(Cl)ccc1CBr. The lowest BCUT2D eigenvalue weighted by Crippen LogP contribution is -2.04. The smallest absolute Gasteiger partial charge is 0.338 e. The van der Waals surface area contributed by atoms with Gasteiger partial charge in [0.1, 0.15) is 0 Å². The first-order valence-electron chi connectivity index (χ1n) is 7.13. The molecule has 0 saturated heterocycles. The van der Waals surface area contributed by atoms with E-state index in [1.807, 2.05) is 0 Å². The van der Waals surface area contributed by atoms with E-state index >= 15 is 0 Å². The summed E-state index contributed by atoms with van der Waals surface area (Å²) >= 11 is 14.7. The van der Waals surface area contributed by atoms with E-state index in [1.54, 1.807) is 18.2 Å². The van der Waals surface area contributed by atoms with Gasteiger partial charge in [-0.05, 0) is 35.9 Å². The van der Waals surface area contributed by atoms with Crippen molar-refractivity contribution in [2.75, 3.05) is 14.2 Å². The molecule has 0 atom stereocenters. The average Bonchev–Trinajstić information content (AvgIpc) is 2.67. The quantitative estimate of drug-likeness (QED) is 0.365. The summed E-state index contributed by atoms with van der Waals surface area (Å²) in [7, 11) is 2.60. The normalized spacial score (nSPS) is 9.58. The number of ether oxygens (including phenoxy) is 2. The number of benzene rings is 2. The number of aldehydes is 1. The number of methoxy groups -OCH3 is 2. The second kappa shape index (κ2) is 11.0. The molecule has 26 heavy (non-hydrogen) atoms. The number of carbonyl (C=O) groups is 3. The minimum atomic E-state index is -0.565. The predicted octanol–water partition coefficient (Wildman–Crippen LogP) is 4.96. The van der Waals surface area contributed by atoms with Gasteiger partial charge in [0.2, 0.25) is 0 Å². The van der Waals surface area contributed by atoms with Gasteiger partial charge in [-0.2, -0.15) is 0 Å². The van der Waals surface area contributed by atoms with Crippen LogP contribution < -0.4 is 0 Å². The van der Waals surface area contributed by atoms with E-state index < -0.39 is 5.97 Å². The second-order valence-corrected chi connectivity index (χ2v) is 6.20. The topological polar surface area (TPSA) is 69.7 Å². The fourth-order valence-corrected chi connectivity index (χ4v) is 2.72. The highest BCUT2D eigenvalue weighted by Gasteiger charge is 2.12. The zero-order chi connectivity index (χ0) is 19.7. The fraction of sp³-hybridized carbons (Fsp3) is 0.167. The summed E-state index contributed by atoms with van der Waals surface area (Å²) in [5, 5.41) is 1.53. The van der Waals surface area contributed by atoms with E-state index in [-0.39, 0.29) is 17.1 Å². The molecule has 0 aliphatic rings. The maximum Gasteiger partial charge on any atom is 0.338 e. The van der Waals surface area contributed by atoms with E-state index in [0.717, 1.165) is 5.56 Å². The van der Waals surface area contributed by atoms with Crippen LogP contribution in [0.2, 0.25) is 10.0 Å². The second-order valence-electron chi connectivity index (χ2n) is 4.77. The van der Waals surface area contributed by atoms with Crippen molar-refractivity contribution in [3.8, 4) is 0 Å². The zero-order valence-electron chi connectivity index (χ0n) is 13.9. The number of rotatable bonds is 4. The van der Waals surface area contributed by atoms with Crippen molar-refractivity contribution < 1.29 is 23.9 Å². The van der Waals surface area contributed by atoms with Crippen LogP contribution in [-0.4, -0.2) is 32.4 Å². The first-order chi connectivity index (χ1) is 12.4. The Bertz CT molecular complexity index is 808. The van der Waals surface area contributed by atoms with E-state index in [9.17, 15) is 14.4 Å². The monoisotopic (exact) mass is 460 g/mol. The molecule has 0 spiro atoms. The van der Waals surface area contributed by atoms with Crippen molar-refractivity contribution >= 4 is 57.4 Å². The van der Waals surface area contributed by atoms with Gasteiger partial charge >= 0.3 is 11.9 Å².